The third kappa shape index (κ3) is 3.62. The van der Waals surface area contributed by atoms with E-state index in [2.05, 4.69) is 5.16 Å². The van der Waals surface area contributed by atoms with Gasteiger partial charge in [-0.25, -0.2) is 0 Å². The molecular weight excluding hydrogens is 335 g/mol. The fraction of sp³-hybridized carbons (Fsp3) is 0.412. The van der Waals surface area contributed by atoms with Gasteiger partial charge >= 0.3 is 6.18 Å². The second-order valence-corrected chi connectivity index (χ2v) is 6.25. The average molecular weight is 353 g/mol. The fourth-order valence-corrected chi connectivity index (χ4v) is 3.12. The van der Waals surface area contributed by atoms with Crippen molar-refractivity contribution in [2.24, 2.45) is 0 Å². The molecule has 2 heterocycles. The summed E-state index contributed by atoms with van der Waals surface area (Å²) in [7, 11) is 0. The summed E-state index contributed by atoms with van der Waals surface area (Å²) in [5, 5.41) is 3.90. The van der Waals surface area contributed by atoms with Crippen LogP contribution in [0.1, 0.15) is 45.9 Å². The van der Waals surface area contributed by atoms with Crippen LogP contribution in [0, 0.1) is 6.92 Å². The van der Waals surface area contributed by atoms with Crippen molar-refractivity contribution in [3.63, 3.8) is 0 Å². The third-order valence-corrected chi connectivity index (χ3v) is 4.53. The molecule has 0 bridgehead atoms. The molecule has 2 aromatic rings. The number of anilines is 1. The van der Waals surface area contributed by atoms with E-state index >= 15 is 0 Å². The standard InChI is InChI=1S/C17H18F3N3O2/c1-10-8-12(17(18,19)20)2-3-13(10)16(24)23-6-4-11(5-7-23)14-9-15(21)25-22-14/h2-3,8-9,11H,4-7,21H2,1H3. The lowest BCUT2D eigenvalue weighted by Crippen LogP contribution is -2.38. The number of carbonyl (C=O) groups is 1. The minimum atomic E-state index is -4.41. The number of rotatable bonds is 2. The van der Waals surface area contributed by atoms with Gasteiger partial charge in [0.1, 0.15) is 0 Å². The van der Waals surface area contributed by atoms with Gasteiger partial charge in [-0.15, -0.1) is 0 Å². The van der Waals surface area contributed by atoms with Crippen LogP contribution in [0.5, 0.6) is 0 Å². The summed E-state index contributed by atoms with van der Waals surface area (Å²) < 4.78 is 43.1. The lowest BCUT2D eigenvalue weighted by Gasteiger charge is -2.31. The zero-order chi connectivity index (χ0) is 18.2. The van der Waals surface area contributed by atoms with Gasteiger partial charge in [0.25, 0.3) is 5.91 Å². The first-order valence-corrected chi connectivity index (χ1v) is 7.95. The number of nitrogens with two attached hydrogens (primary N) is 1. The van der Waals surface area contributed by atoms with Gasteiger partial charge in [-0.2, -0.15) is 13.2 Å². The highest BCUT2D eigenvalue weighted by Crippen LogP contribution is 2.32. The molecule has 0 radical (unpaired) electrons. The number of benzene rings is 1. The van der Waals surface area contributed by atoms with E-state index < -0.39 is 11.7 Å². The van der Waals surface area contributed by atoms with Crippen LogP contribution in [0.4, 0.5) is 19.1 Å². The Labute approximate surface area is 142 Å². The van der Waals surface area contributed by atoms with Gasteiger partial charge in [0.15, 0.2) is 0 Å². The first kappa shape index (κ1) is 17.3. The molecular formula is C17H18F3N3O2. The first-order chi connectivity index (χ1) is 11.8. The molecule has 3 rings (SSSR count). The molecule has 1 amide bonds. The topological polar surface area (TPSA) is 72.4 Å². The zero-order valence-corrected chi connectivity index (χ0v) is 13.6. The highest BCUT2D eigenvalue weighted by Gasteiger charge is 2.32. The van der Waals surface area contributed by atoms with Gasteiger partial charge < -0.3 is 15.2 Å². The van der Waals surface area contributed by atoms with Gasteiger partial charge in [-0.3, -0.25) is 4.79 Å². The Morgan fingerprint density at radius 1 is 1.28 bits per heavy atom. The van der Waals surface area contributed by atoms with Crippen molar-refractivity contribution < 1.29 is 22.5 Å². The van der Waals surface area contributed by atoms with Gasteiger partial charge in [-0.05, 0) is 43.5 Å². The average Bonchev–Trinajstić information content (AvgIpc) is 3.00. The maximum Gasteiger partial charge on any atom is 0.416 e. The second kappa shape index (κ2) is 6.42. The number of halogens is 3. The van der Waals surface area contributed by atoms with E-state index in [-0.39, 0.29) is 17.7 Å². The van der Waals surface area contributed by atoms with E-state index in [1.54, 1.807) is 11.0 Å². The second-order valence-electron chi connectivity index (χ2n) is 6.25. The lowest BCUT2D eigenvalue weighted by atomic mass is 9.93. The Hall–Kier alpha value is -2.51. The van der Waals surface area contributed by atoms with Crippen LogP contribution in [-0.2, 0) is 6.18 Å². The molecule has 1 aliphatic rings. The van der Waals surface area contributed by atoms with Crippen molar-refractivity contribution in [2.45, 2.75) is 31.9 Å². The zero-order valence-electron chi connectivity index (χ0n) is 13.6. The quantitative estimate of drug-likeness (QED) is 0.895. The van der Waals surface area contributed by atoms with Crippen LogP contribution < -0.4 is 5.73 Å². The van der Waals surface area contributed by atoms with Crippen LogP contribution in [-0.4, -0.2) is 29.1 Å². The SMILES string of the molecule is Cc1cc(C(F)(F)F)ccc1C(=O)N1CCC(c2cc(N)on2)CC1. The number of carbonyl (C=O) groups excluding carboxylic acids is 1. The number of hydrogen-bond acceptors (Lipinski definition) is 4. The minimum absolute atomic E-state index is 0.166. The summed E-state index contributed by atoms with van der Waals surface area (Å²) in [6, 6.07) is 4.90. The van der Waals surface area contributed by atoms with Crippen LogP contribution in [0.25, 0.3) is 0 Å². The molecule has 2 N–H and O–H groups in total. The number of alkyl halides is 3. The van der Waals surface area contributed by atoms with Crippen molar-refractivity contribution in [3.8, 4) is 0 Å². The number of likely N-dealkylation sites (tertiary alicyclic amines) is 1. The summed E-state index contributed by atoms with van der Waals surface area (Å²) in [4.78, 5) is 14.3. The number of piperidine rings is 1. The van der Waals surface area contributed by atoms with Crippen LogP contribution in [0.15, 0.2) is 28.8 Å². The number of aromatic nitrogens is 1. The van der Waals surface area contributed by atoms with E-state index in [1.807, 2.05) is 0 Å². The minimum Gasteiger partial charge on any atom is -0.368 e. The van der Waals surface area contributed by atoms with Crippen LogP contribution in [0.3, 0.4) is 0 Å². The van der Waals surface area contributed by atoms with Gasteiger partial charge in [-0.1, -0.05) is 5.16 Å². The normalized spacial score (nSPS) is 16.2. The molecule has 134 valence electrons. The van der Waals surface area contributed by atoms with Gasteiger partial charge in [0, 0.05) is 30.6 Å². The lowest BCUT2D eigenvalue weighted by molar-refractivity contribution is -0.137. The van der Waals surface area contributed by atoms with E-state index in [0.717, 1.165) is 17.8 Å². The van der Waals surface area contributed by atoms with Crippen LogP contribution in [0.2, 0.25) is 0 Å². The number of hydrogen-bond donors (Lipinski definition) is 1. The van der Waals surface area contributed by atoms with E-state index in [4.69, 9.17) is 10.3 Å². The first-order valence-electron chi connectivity index (χ1n) is 7.95. The van der Waals surface area contributed by atoms with E-state index in [9.17, 15) is 18.0 Å². The predicted molar refractivity (Wildman–Crippen MR) is 85.0 cm³/mol. The fourth-order valence-electron chi connectivity index (χ4n) is 3.12. The van der Waals surface area contributed by atoms with Crippen LogP contribution >= 0.6 is 0 Å². The van der Waals surface area contributed by atoms with Crippen molar-refractivity contribution in [3.05, 3.63) is 46.6 Å². The molecule has 1 aromatic carbocycles. The Morgan fingerprint density at radius 3 is 2.48 bits per heavy atom. The smallest absolute Gasteiger partial charge is 0.368 e. The molecule has 0 unspecified atom stereocenters. The number of amides is 1. The Balaban J connectivity index is 1.68. The summed E-state index contributed by atoms with van der Waals surface area (Å²) in [5.41, 5.74) is 6.18. The van der Waals surface area contributed by atoms with Crippen molar-refractivity contribution >= 4 is 11.8 Å². The Morgan fingerprint density at radius 2 is 1.96 bits per heavy atom. The van der Waals surface area contributed by atoms with Crippen molar-refractivity contribution in [2.75, 3.05) is 18.8 Å². The molecule has 1 saturated heterocycles. The molecule has 25 heavy (non-hydrogen) atoms. The number of nitrogens with zero attached hydrogens (tertiary/aromatic N) is 2. The molecule has 0 aliphatic carbocycles. The largest absolute Gasteiger partial charge is 0.416 e. The number of aryl methyl sites for hydroxylation is 1. The molecule has 1 aromatic heterocycles. The number of nitrogen functional groups attached to an aromatic ring is 1. The van der Waals surface area contributed by atoms with Crippen molar-refractivity contribution in [1.29, 1.82) is 0 Å². The maximum absolute atomic E-state index is 12.7. The molecule has 5 nitrogen and oxygen atoms in total. The highest BCUT2D eigenvalue weighted by atomic mass is 19.4. The molecule has 0 atom stereocenters. The Bertz CT molecular complexity index is 778. The highest BCUT2D eigenvalue weighted by molar-refractivity contribution is 5.95. The maximum atomic E-state index is 12.7. The predicted octanol–water partition coefficient (Wildman–Crippen LogP) is 3.60. The van der Waals surface area contributed by atoms with Gasteiger partial charge in [0.2, 0.25) is 5.88 Å². The van der Waals surface area contributed by atoms with Crippen molar-refractivity contribution in [1.82, 2.24) is 10.1 Å². The molecule has 0 spiro atoms. The molecule has 0 saturated carbocycles. The molecule has 1 aliphatic heterocycles. The molecule has 1 fully saturated rings. The van der Waals surface area contributed by atoms with Gasteiger partial charge in [0.05, 0.1) is 11.3 Å². The Kier molecular flexibility index (Phi) is 4.45. The molecule has 8 heteroatoms. The van der Waals surface area contributed by atoms with E-state index in [1.165, 1.54) is 13.0 Å². The monoisotopic (exact) mass is 353 g/mol. The summed E-state index contributed by atoms with van der Waals surface area (Å²) in [6.07, 6.45) is -3.00. The third-order valence-electron chi connectivity index (χ3n) is 4.53. The summed E-state index contributed by atoms with van der Waals surface area (Å²) >= 11 is 0. The summed E-state index contributed by atoms with van der Waals surface area (Å²) in [5.74, 6) is 0.178. The van der Waals surface area contributed by atoms with E-state index in [0.29, 0.717) is 37.1 Å². The summed E-state index contributed by atoms with van der Waals surface area (Å²) in [6.45, 7) is 2.54.